The number of nitrogens with zero attached hydrogens (tertiary/aromatic N) is 2. The van der Waals surface area contributed by atoms with Crippen LogP contribution in [-0.2, 0) is 10.2 Å². The summed E-state index contributed by atoms with van der Waals surface area (Å²) in [7, 11) is -1.53. The summed E-state index contributed by atoms with van der Waals surface area (Å²) in [4.78, 5) is 0. The van der Waals surface area contributed by atoms with Gasteiger partial charge in [0.05, 0.1) is 0 Å². The third kappa shape index (κ3) is 5.20. The average Bonchev–Trinajstić information content (AvgIpc) is 3.28. The van der Waals surface area contributed by atoms with Crippen LogP contribution in [0.5, 0.6) is 0 Å². The summed E-state index contributed by atoms with van der Waals surface area (Å²) in [5.74, 6) is 0.717. The first-order chi connectivity index (χ1) is 10.0. The van der Waals surface area contributed by atoms with Crippen LogP contribution in [0.4, 0.5) is 0 Å². The van der Waals surface area contributed by atoms with Gasteiger partial charge in [-0.15, -0.1) is 0 Å². The number of rotatable bonds is 9. The van der Waals surface area contributed by atoms with Crippen molar-refractivity contribution in [2.45, 2.75) is 57.9 Å². The van der Waals surface area contributed by atoms with Gasteiger partial charge in [-0.25, -0.2) is 0 Å². The summed E-state index contributed by atoms with van der Waals surface area (Å²) >= 11 is 0. The van der Waals surface area contributed by atoms with Crippen molar-refractivity contribution in [3.63, 3.8) is 0 Å². The maximum Gasteiger partial charge on any atom is 0.281 e. The van der Waals surface area contributed by atoms with E-state index in [1.165, 1.54) is 30.0 Å². The first kappa shape index (κ1) is 17.2. The quantitative estimate of drug-likeness (QED) is 0.660. The van der Waals surface area contributed by atoms with E-state index < -0.39 is 10.2 Å². The van der Waals surface area contributed by atoms with Crippen LogP contribution in [0.25, 0.3) is 0 Å². The zero-order chi connectivity index (χ0) is 15.3. The largest absolute Gasteiger partial charge is 0.314 e. The van der Waals surface area contributed by atoms with E-state index in [1.54, 1.807) is 11.4 Å². The van der Waals surface area contributed by atoms with E-state index in [0.717, 1.165) is 31.7 Å². The normalized spacial score (nSPS) is 22.0. The van der Waals surface area contributed by atoms with Gasteiger partial charge in [0, 0.05) is 32.7 Å². The Kier molecular flexibility index (Phi) is 6.47. The van der Waals surface area contributed by atoms with E-state index in [9.17, 15) is 8.42 Å². The van der Waals surface area contributed by atoms with Crippen molar-refractivity contribution >= 4 is 10.2 Å². The van der Waals surface area contributed by atoms with E-state index in [4.69, 9.17) is 0 Å². The van der Waals surface area contributed by atoms with Gasteiger partial charge in [0.2, 0.25) is 0 Å². The fourth-order valence-electron chi connectivity index (χ4n) is 3.04. The molecule has 0 unspecified atom stereocenters. The second-order valence-electron chi connectivity index (χ2n) is 6.54. The van der Waals surface area contributed by atoms with E-state index in [1.807, 2.05) is 0 Å². The average molecular weight is 317 g/mol. The summed E-state index contributed by atoms with van der Waals surface area (Å²) < 4.78 is 28.2. The molecule has 6 heteroatoms. The molecule has 0 amide bonds. The number of hydrogen-bond acceptors (Lipinski definition) is 3. The van der Waals surface area contributed by atoms with Gasteiger partial charge >= 0.3 is 0 Å². The molecular weight excluding hydrogens is 286 g/mol. The number of nitrogens with one attached hydrogen (secondary N) is 1. The number of piperidine rings is 1. The molecule has 1 saturated carbocycles. The van der Waals surface area contributed by atoms with Gasteiger partial charge in [-0.3, -0.25) is 0 Å². The molecule has 0 aromatic heterocycles. The van der Waals surface area contributed by atoms with Crippen molar-refractivity contribution < 1.29 is 8.42 Å². The van der Waals surface area contributed by atoms with Crippen molar-refractivity contribution in [3.05, 3.63) is 0 Å². The molecule has 0 spiro atoms. The predicted octanol–water partition coefficient (Wildman–Crippen LogP) is 1.82. The Morgan fingerprint density at radius 2 is 1.86 bits per heavy atom. The minimum Gasteiger partial charge on any atom is -0.314 e. The molecule has 1 aliphatic heterocycles. The lowest BCUT2D eigenvalue weighted by molar-refractivity contribution is 0.249. The lowest BCUT2D eigenvalue weighted by atomic mass is 9.94. The standard InChI is InChI=1S/C15H31N3O2S/c1-3-5-14-8-12-18(13-9-14)21(19,20)17(2)11-4-10-16-15-6-7-15/h14-16H,3-13H2,1-2H3. The van der Waals surface area contributed by atoms with Crippen LogP contribution in [0, 0.1) is 5.92 Å². The molecule has 1 heterocycles. The Morgan fingerprint density at radius 3 is 2.43 bits per heavy atom. The SMILES string of the molecule is CCCC1CCN(S(=O)(=O)N(C)CCCNC2CC2)CC1. The highest BCUT2D eigenvalue weighted by atomic mass is 32.2. The summed E-state index contributed by atoms with van der Waals surface area (Å²) in [6, 6.07) is 0.699. The molecule has 1 saturated heterocycles. The maximum atomic E-state index is 12.5. The maximum absolute atomic E-state index is 12.5. The minimum atomic E-state index is -3.25. The van der Waals surface area contributed by atoms with Gasteiger partial charge in [0.25, 0.3) is 10.2 Å². The zero-order valence-corrected chi connectivity index (χ0v) is 14.4. The van der Waals surface area contributed by atoms with Gasteiger partial charge in [-0.2, -0.15) is 17.0 Å². The fraction of sp³-hybridized carbons (Fsp3) is 1.00. The molecule has 1 aliphatic carbocycles. The fourth-order valence-corrected chi connectivity index (χ4v) is 4.47. The third-order valence-corrected chi connectivity index (χ3v) is 6.64. The molecule has 21 heavy (non-hydrogen) atoms. The molecule has 0 atom stereocenters. The van der Waals surface area contributed by atoms with E-state index >= 15 is 0 Å². The molecular formula is C15H31N3O2S. The van der Waals surface area contributed by atoms with Crippen molar-refractivity contribution in [1.29, 1.82) is 0 Å². The molecule has 0 radical (unpaired) electrons. The van der Waals surface area contributed by atoms with Gasteiger partial charge in [0.1, 0.15) is 0 Å². The summed E-state index contributed by atoms with van der Waals surface area (Å²) in [6.07, 6.45) is 7.91. The molecule has 2 rings (SSSR count). The Morgan fingerprint density at radius 1 is 1.19 bits per heavy atom. The molecule has 0 aromatic carbocycles. The molecule has 124 valence electrons. The monoisotopic (exact) mass is 317 g/mol. The van der Waals surface area contributed by atoms with Gasteiger partial charge in [0.15, 0.2) is 0 Å². The molecule has 2 aliphatic rings. The number of hydrogen-bond donors (Lipinski definition) is 1. The third-order valence-electron chi connectivity index (χ3n) is 4.65. The summed E-state index contributed by atoms with van der Waals surface area (Å²) in [6.45, 7) is 5.11. The van der Waals surface area contributed by atoms with Gasteiger partial charge in [-0.05, 0) is 44.6 Å². The smallest absolute Gasteiger partial charge is 0.281 e. The van der Waals surface area contributed by atoms with E-state index in [2.05, 4.69) is 12.2 Å². The van der Waals surface area contributed by atoms with E-state index in [-0.39, 0.29) is 0 Å². The Balaban J connectivity index is 1.71. The highest BCUT2D eigenvalue weighted by Gasteiger charge is 2.30. The van der Waals surface area contributed by atoms with Gasteiger partial charge < -0.3 is 5.32 Å². The van der Waals surface area contributed by atoms with Crippen LogP contribution in [0.15, 0.2) is 0 Å². The first-order valence-electron chi connectivity index (χ1n) is 8.48. The molecule has 1 N–H and O–H groups in total. The second-order valence-corrected chi connectivity index (χ2v) is 8.58. The zero-order valence-electron chi connectivity index (χ0n) is 13.6. The molecule has 5 nitrogen and oxygen atoms in total. The van der Waals surface area contributed by atoms with Crippen LogP contribution in [0.2, 0.25) is 0 Å². The topological polar surface area (TPSA) is 52.7 Å². The van der Waals surface area contributed by atoms with Crippen LogP contribution < -0.4 is 5.32 Å². The van der Waals surface area contributed by atoms with Gasteiger partial charge in [-0.1, -0.05) is 19.8 Å². The van der Waals surface area contributed by atoms with Crippen molar-refractivity contribution in [1.82, 2.24) is 13.9 Å². The first-order valence-corrected chi connectivity index (χ1v) is 9.88. The van der Waals surface area contributed by atoms with E-state index in [0.29, 0.717) is 25.7 Å². The predicted molar refractivity (Wildman–Crippen MR) is 86.4 cm³/mol. The summed E-state index contributed by atoms with van der Waals surface area (Å²) in [5.41, 5.74) is 0. The van der Waals surface area contributed by atoms with Crippen LogP contribution in [0.1, 0.15) is 51.9 Å². The van der Waals surface area contributed by atoms with Crippen molar-refractivity contribution in [2.24, 2.45) is 5.92 Å². The minimum absolute atomic E-state index is 0.608. The highest BCUT2D eigenvalue weighted by molar-refractivity contribution is 7.86. The van der Waals surface area contributed by atoms with Crippen LogP contribution in [0.3, 0.4) is 0 Å². The lowest BCUT2D eigenvalue weighted by Crippen LogP contribution is -2.46. The lowest BCUT2D eigenvalue weighted by Gasteiger charge is -2.33. The molecule has 0 aromatic rings. The summed E-state index contributed by atoms with van der Waals surface area (Å²) in [5, 5.41) is 3.43. The Hall–Kier alpha value is -0.170. The molecule has 2 fully saturated rings. The molecule has 0 bridgehead atoms. The highest BCUT2D eigenvalue weighted by Crippen LogP contribution is 2.24. The van der Waals surface area contributed by atoms with Crippen LogP contribution >= 0.6 is 0 Å². The Labute approximate surface area is 130 Å². The van der Waals surface area contributed by atoms with Crippen LogP contribution in [-0.4, -0.2) is 56.3 Å². The second kappa shape index (κ2) is 7.90. The van der Waals surface area contributed by atoms with Crippen molar-refractivity contribution in [3.8, 4) is 0 Å². The Bertz CT molecular complexity index is 401. The van der Waals surface area contributed by atoms with Crippen molar-refractivity contribution in [2.75, 3.05) is 33.2 Å².